The zero-order valence-corrected chi connectivity index (χ0v) is 11.0. The Balaban J connectivity index is 2.36. The van der Waals surface area contributed by atoms with Gasteiger partial charge in [-0.15, -0.1) is 0 Å². The summed E-state index contributed by atoms with van der Waals surface area (Å²) in [6, 6.07) is 9.62. The first-order valence-electron chi connectivity index (χ1n) is 5.46. The number of benzene rings is 1. The van der Waals surface area contributed by atoms with Crippen molar-refractivity contribution in [1.82, 2.24) is 4.98 Å². The van der Waals surface area contributed by atoms with Crippen molar-refractivity contribution in [3.8, 4) is 6.07 Å². The predicted octanol–water partition coefficient (Wildman–Crippen LogP) is 2.06. The van der Waals surface area contributed by atoms with Crippen LogP contribution in [0.5, 0.6) is 0 Å². The standard InChI is InChI=1S/C13H11N3O2S/c1-10-7-13(5-4-11(10)8-14)19(17,18)16-12-3-2-6-15-9-12/h2-7,9,16H,1H3. The van der Waals surface area contributed by atoms with Crippen molar-refractivity contribution in [1.29, 1.82) is 5.26 Å². The molecule has 0 amide bonds. The van der Waals surface area contributed by atoms with Gasteiger partial charge in [-0.25, -0.2) is 8.42 Å². The van der Waals surface area contributed by atoms with E-state index in [-0.39, 0.29) is 4.90 Å². The van der Waals surface area contributed by atoms with Gasteiger partial charge in [0.2, 0.25) is 0 Å². The van der Waals surface area contributed by atoms with E-state index in [1.165, 1.54) is 24.4 Å². The minimum absolute atomic E-state index is 0.118. The van der Waals surface area contributed by atoms with Gasteiger partial charge in [-0.3, -0.25) is 9.71 Å². The van der Waals surface area contributed by atoms with Gasteiger partial charge in [-0.05, 0) is 42.8 Å². The molecule has 0 saturated carbocycles. The molecule has 1 aromatic carbocycles. The largest absolute Gasteiger partial charge is 0.278 e. The fourth-order valence-electron chi connectivity index (χ4n) is 1.57. The number of pyridine rings is 1. The number of sulfonamides is 1. The normalized spacial score (nSPS) is 10.7. The van der Waals surface area contributed by atoms with Gasteiger partial charge in [0.05, 0.1) is 28.4 Å². The summed E-state index contributed by atoms with van der Waals surface area (Å²) in [6.45, 7) is 1.70. The zero-order chi connectivity index (χ0) is 13.9. The lowest BCUT2D eigenvalue weighted by Crippen LogP contribution is -2.13. The van der Waals surface area contributed by atoms with Crippen LogP contribution in [0.4, 0.5) is 5.69 Å². The summed E-state index contributed by atoms with van der Waals surface area (Å²) in [7, 11) is -3.66. The van der Waals surface area contributed by atoms with Crippen molar-refractivity contribution in [3.05, 3.63) is 53.9 Å². The number of nitrogens with zero attached hydrogens (tertiary/aromatic N) is 2. The van der Waals surface area contributed by atoms with Crippen LogP contribution in [0.2, 0.25) is 0 Å². The van der Waals surface area contributed by atoms with Gasteiger partial charge in [0.1, 0.15) is 0 Å². The number of anilines is 1. The number of hydrogen-bond acceptors (Lipinski definition) is 4. The van der Waals surface area contributed by atoms with Crippen LogP contribution in [-0.4, -0.2) is 13.4 Å². The molecule has 6 heteroatoms. The van der Waals surface area contributed by atoms with Gasteiger partial charge in [0.25, 0.3) is 10.0 Å². The maximum absolute atomic E-state index is 12.1. The van der Waals surface area contributed by atoms with Crippen LogP contribution >= 0.6 is 0 Å². The molecular weight excluding hydrogens is 262 g/mol. The molecule has 0 unspecified atom stereocenters. The third-order valence-corrected chi connectivity index (χ3v) is 3.92. The molecule has 2 aromatic rings. The highest BCUT2D eigenvalue weighted by Gasteiger charge is 2.15. The Morgan fingerprint density at radius 2 is 2.11 bits per heavy atom. The average Bonchev–Trinajstić information content (AvgIpc) is 2.39. The summed E-state index contributed by atoms with van der Waals surface area (Å²) in [6.07, 6.45) is 2.98. The van der Waals surface area contributed by atoms with Crippen molar-refractivity contribution in [3.63, 3.8) is 0 Å². The maximum atomic E-state index is 12.1. The van der Waals surface area contributed by atoms with Crippen molar-refractivity contribution in [2.24, 2.45) is 0 Å². The molecule has 0 spiro atoms. The van der Waals surface area contributed by atoms with E-state index < -0.39 is 10.0 Å². The van der Waals surface area contributed by atoms with Gasteiger partial charge in [-0.2, -0.15) is 5.26 Å². The first-order chi connectivity index (χ1) is 9.03. The second-order valence-corrected chi connectivity index (χ2v) is 5.62. The number of nitriles is 1. The number of aryl methyl sites for hydroxylation is 1. The summed E-state index contributed by atoms with van der Waals surface area (Å²) in [5.74, 6) is 0. The van der Waals surface area contributed by atoms with E-state index in [4.69, 9.17) is 5.26 Å². The van der Waals surface area contributed by atoms with Crippen LogP contribution in [0.15, 0.2) is 47.6 Å². The van der Waals surface area contributed by atoms with Gasteiger partial charge < -0.3 is 0 Å². The number of nitrogens with one attached hydrogen (secondary N) is 1. The zero-order valence-electron chi connectivity index (χ0n) is 10.2. The van der Waals surface area contributed by atoms with E-state index in [2.05, 4.69) is 9.71 Å². The highest BCUT2D eigenvalue weighted by Crippen LogP contribution is 2.18. The number of hydrogen-bond donors (Lipinski definition) is 1. The predicted molar refractivity (Wildman–Crippen MR) is 70.9 cm³/mol. The van der Waals surface area contributed by atoms with E-state index in [1.54, 1.807) is 25.3 Å². The third kappa shape index (κ3) is 2.89. The summed E-state index contributed by atoms with van der Waals surface area (Å²) in [4.78, 5) is 3.96. The van der Waals surface area contributed by atoms with Gasteiger partial charge in [-0.1, -0.05) is 0 Å². The van der Waals surface area contributed by atoms with Gasteiger partial charge in [0, 0.05) is 6.20 Å². The summed E-state index contributed by atoms with van der Waals surface area (Å²) in [5, 5.41) is 8.82. The van der Waals surface area contributed by atoms with Crippen LogP contribution in [0, 0.1) is 18.3 Å². The highest BCUT2D eigenvalue weighted by molar-refractivity contribution is 7.92. The number of rotatable bonds is 3. The van der Waals surface area contributed by atoms with E-state index in [0.717, 1.165) is 0 Å². The average molecular weight is 273 g/mol. The number of aromatic nitrogens is 1. The monoisotopic (exact) mass is 273 g/mol. The Morgan fingerprint density at radius 3 is 2.68 bits per heavy atom. The second-order valence-electron chi connectivity index (χ2n) is 3.94. The van der Waals surface area contributed by atoms with Crippen molar-refractivity contribution in [2.45, 2.75) is 11.8 Å². The topological polar surface area (TPSA) is 82.8 Å². The molecule has 0 aliphatic rings. The fraction of sp³-hybridized carbons (Fsp3) is 0.0769. The fourth-order valence-corrected chi connectivity index (χ4v) is 2.69. The molecule has 0 fully saturated rings. The molecule has 96 valence electrons. The van der Waals surface area contributed by atoms with Crippen LogP contribution < -0.4 is 4.72 Å². The quantitative estimate of drug-likeness (QED) is 0.927. The molecular formula is C13H11N3O2S. The van der Waals surface area contributed by atoms with E-state index in [0.29, 0.717) is 16.8 Å². The third-order valence-electron chi connectivity index (χ3n) is 2.54. The molecule has 1 aromatic heterocycles. The molecule has 0 bridgehead atoms. The molecule has 1 heterocycles. The second kappa shape index (κ2) is 5.08. The lowest BCUT2D eigenvalue weighted by atomic mass is 10.1. The van der Waals surface area contributed by atoms with Crippen LogP contribution in [0.1, 0.15) is 11.1 Å². The lowest BCUT2D eigenvalue weighted by Gasteiger charge is -2.08. The minimum Gasteiger partial charge on any atom is -0.278 e. The van der Waals surface area contributed by atoms with Crippen molar-refractivity contribution < 1.29 is 8.42 Å². The smallest absolute Gasteiger partial charge is 0.261 e. The molecule has 19 heavy (non-hydrogen) atoms. The van der Waals surface area contributed by atoms with Crippen LogP contribution in [0.25, 0.3) is 0 Å². The Morgan fingerprint density at radius 1 is 1.32 bits per heavy atom. The van der Waals surface area contributed by atoms with E-state index >= 15 is 0 Å². The Hall–Kier alpha value is -2.39. The van der Waals surface area contributed by atoms with Gasteiger partial charge >= 0.3 is 0 Å². The molecule has 0 aliphatic heterocycles. The summed E-state index contributed by atoms with van der Waals surface area (Å²) < 4.78 is 26.7. The van der Waals surface area contributed by atoms with Gasteiger partial charge in [0.15, 0.2) is 0 Å². The van der Waals surface area contributed by atoms with Crippen LogP contribution in [-0.2, 0) is 10.0 Å². The van der Waals surface area contributed by atoms with E-state index in [1.807, 2.05) is 6.07 Å². The van der Waals surface area contributed by atoms with E-state index in [9.17, 15) is 8.42 Å². The molecule has 1 N–H and O–H groups in total. The molecule has 0 radical (unpaired) electrons. The molecule has 0 atom stereocenters. The first-order valence-corrected chi connectivity index (χ1v) is 6.95. The SMILES string of the molecule is Cc1cc(S(=O)(=O)Nc2cccnc2)ccc1C#N. The summed E-state index contributed by atoms with van der Waals surface area (Å²) in [5.41, 5.74) is 1.47. The Kier molecular flexibility index (Phi) is 3.49. The molecule has 0 saturated heterocycles. The highest BCUT2D eigenvalue weighted by atomic mass is 32.2. The first kappa shape index (κ1) is 13.1. The molecule has 0 aliphatic carbocycles. The van der Waals surface area contributed by atoms with Crippen molar-refractivity contribution in [2.75, 3.05) is 4.72 Å². The van der Waals surface area contributed by atoms with Crippen molar-refractivity contribution >= 4 is 15.7 Å². The Labute approximate surface area is 111 Å². The molecule has 2 rings (SSSR count). The maximum Gasteiger partial charge on any atom is 0.261 e. The lowest BCUT2D eigenvalue weighted by molar-refractivity contribution is 0.601. The summed E-state index contributed by atoms with van der Waals surface area (Å²) >= 11 is 0. The molecule has 5 nitrogen and oxygen atoms in total. The minimum atomic E-state index is -3.66. The van der Waals surface area contributed by atoms with Crippen LogP contribution in [0.3, 0.4) is 0 Å². The Bertz CT molecular complexity index is 734.